The Balaban J connectivity index is 2.53. The van der Waals surface area contributed by atoms with E-state index in [4.69, 9.17) is 14.6 Å². The standard InChI is InChI=1S/C12H16N2O5/c1-18-9-6-4-3-5-8(9)14-12(17)13-7-10(19-2)11(15)16/h3-6,10H,7H2,1-2H3,(H,15,16)(H2,13,14,17). The smallest absolute Gasteiger partial charge is 0.334 e. The average molecular weight is 268 g/mol. The Morgan fingerprint density at radius 3 is 2.58 bits per heavy atom. The number of ether oxygens (including phenoxy) is 2. The normalized spacial score (nSPS) is 11.5. The maximum atomic E-state index is 11.6. The molecule has 19 heavy (non-hydrogen) atoms. The summed E-state index contributed by atoms with van der Waals surface area (Å²) in [5.74, 6) is -0.626. The molecule has 0 heterocycles. The van der Waals surface area contributed by atoms with Crippen LogP contribution >= 0.6 is 0 Å². The van der Waals surface area contributed by atoms with E-state index in [9.17, 15) is 9.59 Å². The molecule has 1 rings (SSSR count). The molecule has 1 atom stereocenters. The Kier molecular flexibility index (Phi) is 5.62. The summed E-state index contributed by atoms with van der Waals surface area (Å²) in [5, 5.41) is 13.7. The predicted molar refractivity (Wildman–Crippen MR) is 68.4 cm³/mol. The number of anilines is 1. The first kappa shape index (κ1) is 14.8. The van der Waals surface area contributed by atoms with Crippen LogP contribution in [0.2, 0.25) is 0 Å². The summed E-state index contributed by atoms with van der Waals surface area (Å²) in [6, 6.07) is 6.35. The zero-order valence-corrected chi connectivity index (χ0v) is 10.7. The summed E-state index contributed by atoms with van der Waals surface area (Å²) in [4.78, 5) is 22.3. The zero-order chi connectivity index (χ0) is 14.3. The third-order valence-electron chi connectivity index (χ3n) is 2.36. The second kappa shape index (κ2) is 7.22. The molecule has 2 amide bonds. The van der Waals surface area contributed by atoms with Crippen molar-refractivity contribution in [2.75, 3.05) is 26.1 Å². The molecule has 0 radical (unpaired) electrons. The Morgan fingerprint density at radius 2 is 2.00 bits per heavy atom. The minimum atomic E-state index is -1.14. The summed E-state index contributed by atoms with van der Waals surface area (Å²) in [6.45, 7) is -0.132. The van der Waals surface area contributed by atoms with Crippen LogP contribution in [0, 0.1) is 0 Å². The van der Waals surface area contributed by atoms with Gasteiger partial charge in [0.1, 0.15) is 5.75 Å². The van der Waals surface area contributed by atoms with E-state index < -0.39 is 18.1 Å². The first-order valence-corrected chi connectivity index (χ1v) is 5.52. The molecule has 0 aromatic heterocycles. The number of urea groups is 1. The second-order valence-corrected chi connectivity index (χ2v) is 3.60. The molecule has 1 unspecified atom stereocenters. The first-order chi connectivity index (χ1) is 9.08. The highest BCUT2D eigenvalue weighted by Gasteiger charge is 2.17. The summed E-state index contributed by atoms with van der Waals surface area (Å²) in [7, 11) is 2.75. The SMILES string of the molecule is COc1ccccc1NC(=O)NCC(OC)C(=O)O. The zero-order valence-electron chi connectivity index (χ0n) is 10.7. The molecule has 0 spiro atoms. The van der Waals surface area contributed by atoms with E-state index in [0.717, 1.165) is 0 Å². The molecular weight excluding hydrogens is 252 g/mol. The van der Waals surface area contributed by atoms with Crippen molar-refractivity contribution in [3.8, 4) is 5.75 Å². The average Bonchev–Trinajstić information content (AvgIpc) is 2.39. The minimum Gasteiger partial charge on any atom is -0.495 e. The molecule has 0 saturated carbocycles. The van der Waals surface area contributed by atoms with Gasteiger partial charge in [0, 0.05) is 7.11 Å². The lowest BCUT2D eigenvalue weighted by Crippen LogP contribution is -2.39. The fourth-order valence-electron chi connectivity index (χ4n) is 1.37. The highest BCUT2D eigenvalue weighted by molar-refractivity contribution is 5.91. The van der Waals surface area contributed by atoms with Crippen LogP contribution in [0.15, 0.2) is 24.3 Å². The van der Waals surface area contributed by atoms with Gasteiger partial charge in [-0.05, 0) is 12.1 Å². The number of methoxy groups -OCH3 is 2. The molecule has 1 aromatic rings. The highest BCUT2D eigenvalue weighted by Crippen LogP contribution is 2.22. The highest BCUT2D eigenvalue weighted by atomic mass is 16.5. The van der Waals surface area contributed by atoms with Crippen LogP contribution in [-0.2, 0) is 9.53 Å². The van der Waals surface area contributed by atoms with Crippen LogP contribution in [-0.4, -0.2) is 44.0 Å². The number of carboxylic acid groups (broad SMARTS) is 1. The Bertz CT molecular complexity index is 450. The molecular formula is C12H16N2O5. The monoisotopic (exact) mass is 268 g/mol. The van der Waals surface area contributed by atoms with E-state index in [1.165, 1.54) is 14.2 Å². The molecule has 7 heteroatoms. The van der Waals surface area contributed by atoms with Gasteiger partial charge in [0.25, 0.3) is 0 Å². The van der Waals surface area contributed by atoms with Crippen molar-refractivity contribution in [3.05, 3.63) is 24.3 Å². The fourth-order valence-corrected chi connectivity index (χ4v) is 1.37. The van der Waals surface area contributed by atoms with Gasteiger partial charge in [-0.25, -0.2) is 9.59 Å². The molecule has 7 nitrogen and oxygen atoms in total. The number of amides is 2. The van der Waals surface area contributed by atoms with Gasteiger partial charge in [0.2, 0.25) is 0 Å². The Morgan fingerprint density at radius 1 is 1.32 bits per heavy atom. The summed E-state index contributed by atoms with van der Waals surface area (Å²) in [5.41, 5.74) is 0.492. The lowest BCUT2D eigenvalue weighted by Gasteiger charge is -2.13. The van der Waals surface area contributed by atoms with Gasteiger partial charge in [0.05, 0.1) is 19.3 Å². The molecule has 3 N–H and O–H groups in total. The van der Waals surface area contributed by atoms with Gasteiger partial charge in [-0.2, -0.15) is 0 Å². The van der Waals surface area contributed by atoms with Gasteiger partial charge in [-0.15, -0.1) is 0 Å². The second-order valence-electron chi connectivity index (χ2n) is 3.60. The lowest BCUT2D eigenvalue weighted by atomic mass is 10.3. The largest absolute Gasteiger partial charge is 0.495 e. The van der Waals surface area contributed by atoms with Crippen LogP contribution in [0.4, 0.5) is 10.5 Å². The van der Waals surface area contributed by atoms with Crippen molar-refractivity contribution in [2.24, 2.45) is 0 Å². The van der Waals surface area contributed by atoms with Crippen LogP contribution in [0.5, 0.6) is 5.75 Å². The van der Waals surface area contributed by atoms with Gasteiger partial charge >= 0.3 is 12.0 Å². The number of benzene rings is 1. The van der Waals surface area contributed by atoms with Crippen molar-refractivity contribution in [1.82, 2.24) is 5.32 Å². The molecule has 0 bridgehead atoms. The van der Waals surface area contributed by atoms with Crippen LogP contribution in [0.25, 0.3) is 0 Å². The third kappa shape index (κ3) is 4.47. The van der Waals surface area contributed by atoms with E-state index in [2.05, 4.69) is 10.6 Å². The number of nitrogens with one attached hydrogen (secondary N) is 2. The van der Waals surface area contributed by atoms with Crippen LogP contribution < -0.4 is 15.4 Å². The van der Waals surface area contributed by atoms with E-state index in [1.807, 2.05) is 0 Å². The van der Waals surface area contributed by atoms with E-state index >= 15 is 0 Å². The number of rotatable bonds is 6. The van der Waals surface area contributed by atoms with Crippen molar-refractivity contribution >= 4 is 17.7 Å². The third-order valence-corrected chi connectivity index (χ3v) is 2.36. The number of para-hydroxylation sites is 2. The number of hydrogen-bond acceptors (Lipinski definition) is 4. The summed E-state index contributed by atoms with van der Waals surface area (Å²) in [6.07, 6.45) is -1.08. The van der Waals surface area contributed by atoms with Crippen LogP contribution in [0.1, 0.15) is 0 Å². The number of hydrogen-bond donors (Lipinski definition) is 3. The van der Waals surface area contributed by atoms with Crippen molar-refractivity contribution < 1.29 is 24.2 Å². The predicted octanol–water partition coefficient (Wildman–Crippen LogP) is 0.916. The molecule has 0 aliphatic heterocycles. The van der Waals surface area contributed by atoms with Gasteiger partial charge in [-0.1, -0.05) is 12.1 Å². The van der Waals surface area contributed by atoms with E-state index in [-0.39, 0.29) is 6.54 Å². The number of carbonyl (C=O) groups is 2. The summed E-state index contributed by atoms with van der Waals surface area (Å²) >= 11 is 0. The van der Waals surface area contributed by atoms with E-state index in [1.54, 1.807) is 24.3 Å². The van der Waals surface area contributed by atoms with E-state index in [0.29, 0.717) is 11.4 Å². The van der Waals surface area contributed by atoms with Crippen molar-refractivity contribution in [2.45, 2.75) is 6.10 Å². The molecule has 0 aliphatic rings. The summed E-state index contributed by atoms with van der Waals surface area (Å²) < 4.78 is 9.76. The Labute approximate surface area is 110 Å². The number of carbonyl (C=O) groups excluding carboxylic acids is 1. The maximum absolute atomic E-state index is 11.6. The topological polar surface area (TPSA) is 96.9 Å². The molecule has 0 saturated heterocycles. The van der Waals surface area contributed by atoms with Crippen molar-refractivity contribution in [1.29, 1.82) is 0 Å². The molecule has 0 fully saturated rings. The number of carboxylic acids is 1. The Hall–Kier alpha value is -2.28. The van der Waals surface area contributed by atoms with Crippen molar-refractivity contribution in [3.63, 3.8) is 0 Å². The minimum absolute atomic E-state index is 0.132. The molecule has 0 aliphatic carbocycles. The van der Waals surface area contributed by atoms with Gasteiger partial charge in [0.15, 0.2) is 6.10 Å². The number of aliphatic carboxylic acids is 1. The fraction of sp³-hybridized carbons (Fsp3) is 0.333. The first-order valence-electron chi connectivity index (χ1n) is 5.52. The lowest BCUT2D eigenvalue weighted by molar-refractivity contribution is -0.147. The quantitative estimate of drug-likeness (QED) is 0.712. The maximum Gasteiger partial charge on any atom is 0.334 e. The van der Waals surface area contributed by atoms with Crippen LogP contribution in [0.3, 0.4) is 0 Å². The molecule has 1 aromatic carbocycles. The van der Waals surface area contributed by atoms with Gasteiger partial charge in [-0.3, -0.25) is 0 Å². The molecule has 104 valence electrons. The van der Waals surface area contributed by atoms with Gasteiger partial charge < -0.3 is 25.2 Å².